The molecular weight excluding hydrogens is 172 g/mol. The van der Waals surface area contributed by atoms with Crippen LogP contribution in [0.1, 0.15) is 47.5 Å². The minimum atomic E-state index is 0.322. The maximum atomic E-state index is 3.52. The molecule has 0 saturated heterocycles. The standard InChI is InChI=1S/C12H28N2/c1-7-9-13-11(3)10-14(6)12(4,5)8-2/h11,13H,7-10H2,1-6H3. The molecule has 0 spiro atoms. The third-order valence-corrected chi connectivity index (χ3v) is 3.19. The van der Waals surface area contributed by atoms with Gasteiger partial charge in [0.05, 0.1) is 0 Å². The van der Waals surface area contributed by atoms with Crippen LogP contribution in [0.2, 0.25) is 0 Å². The molecule has 14 heavy (non-hydrogen) atoms. The Bertz CT molecular complexity index is 143. The molecule has 0 radical (unpaired) electrons. The van der Waals surface area contributed by atoms with Gasteiger partial charge in [0.2, 0.25) is 0 Å². The fourth-order valence-corrected chi connectivity index (χ4v) is 1.38. The van der Waals surface area contributed by atoms with Gasteiger partial charge >= 0.3 is 0 Å². The summed E-state index contributed by atoms with van der Waals surface area (Å²) in [5.41, 5.74) is 0.322. The first-order chi connectivity index (χ1) is 6.44. The zero-order valence-corrected chi connectivity index (χ0v) is 10.9. The summed E-state index contributed by atoms with van der Waals surface area (Å²) in [5, 5.41) is 3.52. The van der Waals surface area contributed by atoms with Crippen molar-refractivity contribution < 1.29 is 0 Å². The molecule has 0 aliphatic rings. The van der Waals surface area contributed by atoms with Gasteiger partial charge in [0.25, 0.3) is 0 Å². The highest BCUT2D eigenvalue weighted by molar-refractivity contribution is 4.79. The summed E-state index contributed by atoms with van der Waals surface area (Å²) in [4.78, 5) is 2.44. The molecule has 1 N–H and O–H groups in total. The molecular formula is C12H28N2. The van der Waals surface area contributed by atoms with Gasteiger partial charge in [-0.05, 0) is 47.2 Å². The lowest BCUT2D eigenvalue weighted by Gasteiger charge is -2.36. The SMILES string of the molecule is CCCNC(C)CN(C)C(C)(C)CC. The van der Waals surface area contributed by atoms with Crippen molar-refractivity contribution in [3.63, 3.8) is 0 Å². The first-order valence-electron chi connectivity index (χ1n) is 5.88. The van der Waals surface area contributed by atoms with E-state index in [0.29, 0.717) is 11.6 Å². The second-order valence-electron chi connectivity index (χ2n) is 4.90. The number of nitrogens with one attached hydrogen (secondary N) is 1. The average Bonchev–Trinajstić information content (AvgIpc) is 2.14. The average molecular weight is 200 g/mol. The maximum Gasteiger partial charge on any atom is 0.0166 e. The maximum absolute atomic E-state index is 3.52. The zero-order valence-electron chi connectivity index (χ0n) is 10.9. The van der Waals surface area contributed by atoms with E-state index in [1.807, 2.05) is 0 Å². The molecule has 1 atom stereocenters. The van der Waals surface area contributed by atoms with Gasteiger partial charge in [-0.1, -0.05) is 13.8 Å². The van der Waals surface area contributed by atoms with Crippen molar-refractivity contribution in [3.05, 3.63) is 0 Å². The van der Waals surface area contributed by atoms with Crippen LogP contribution in [0.15, 0.2) is 0 Å². The normalized spacial score (nSPS) is 14.8. The van der Waals surface area contributed by atoms with Gasteiger partial charge in [0.1, 0.15) is 0 Å². The topological polar surface area (TPSA) is 15.3 Å². The Morgan fingerprint density at radius 1 is 1.29 bits per heavy atom. The van der Waals surface area contributed by atoms with Crippen molar-refractivity contribution in [2.45, 2.75) is 59.0 Å². The van der Waals surface area contributed by atoms with Crippen molar-refractivity contribution in [2.24, 2.45) is 0 Å². The van der Waals surface area contributed by atoms with Gasteiger partial charge in [0.15, 0.2) is 0 Å². The van der Waals surface area contributed by atoms with Crippen molar-refractivity contribution in [1.82, 2.24) is 10.2 Å². The zero-order chi connectivity index (χ0) is 11.2. The van der Waals surface area contributed by atoms with E-state index in [-0.39, 0.29) is 0 Å². The molecule has 0 aliphatic heterocycles. The van der Waals surface area contributed by atoms with Crippen LogP contribution in [-0.4, -0.2) is 36.6 Å². The lowest BCUT2D eigenvalue weighted by atomic mass is 9.99. The predicted octanol–water partition coefficient (Wildman–Crippen LogP) is 2.49. The van der Waals surface area contributed by atoms with Crippen LogP contribution in [0, 0.1) is 0 Å². The number of hydrogen-bond acceptors (Lipinski definition) is 2. The van der Waals surface area contributed by atoms with Gasteiger partial charge < -0.3 is 5.32 Å². The molecule has 0 heterocycles. The van der Waals surface area contributed by atoms with E-state index in [1.54, 1.807) is 0 Å². The van der Waals surface area contributed by atoms with Crippen LogP contribution < -0.4 is 5.32 Å². The van der Waals surface area contributed by atoms with Crippen LogP contribution in [0.25, 0.3) is 0 Å². The fraction of sp³-hybridized carbons (Fsp3) is 1.00. The smallest absolute Gasteiger partial charge is 0.0166 e. The summed E-state index contributed by atoms with van der Waals surface area (Å²) in [7, 11) is 2.22. The Hall–Kier alpha value is -0.0800. The Kier molecular flexibility index (Phi) is 6.38. The molecule has 0 aromatic rings. The Morgan fingerprint density at radius 3 is 2.29 bits per heavy atom. The van der Waals surface area contributed by atoms with Gasteiger partial charge in [0, 0.05) is 18.1 Å². The lowest BCUT2D eigenvalue weighted by Crippen LogP contribution is -2.47. The van der Waals surface area contributed by atoms with Crippen LogP contribution in [0.4, 0.5) is 0 Å². The molecule has 0 saturated carbocycles. The second kappa shape index (κ2) is 6.41. The van der Waals surface area contributed by atoms with Crippen LogP contribution in [0.3, 0.4) is 0 Å². The van der Waals surface area contributed by atoms with Crippen LogP contribution in [0.5, 0.6) is 0 Å². The summed E-state index contributed by atoms with van der Waals surface area (Å²) in [6.07, 6.45) is 2.41. The fourth-order valence-electron chi connectivity index (χ4n) is 1.38. The van der Waals surface area contributed by atoms with E-state index < -0.39 is 0 Å². The lowest BCUT2D eigenvalue weighted by molar-refractivity contribution is 0.138. The summed E-state index contributed by atoms with van der Waals surface area (Å²) in [6, 6.07) is 0.589. The van der Waals surface area contributed by atoms with E-state index in [0.717, 1.165) is 13.1 Å². The summed E-state index contributed by atoms with van der Waals surface area (Å²) >= 11 is 0. The summed E-state index contributed by atoms with van der Waals surface area (Å²) < 4.78 is 0. The Morgan fingerprint density at radius 2 is 1.86 bits per heavy atom. The molecule has 0 bridgehead atoms. The Labute approximate surface area is 90.1 Å². The van der Waals surface area contributed by atoms with Gasteiger partial charge in [-0.25, -0.2) is 0 Å². The Balaban J connectivity index is 3.86. The molecule has 86 valence electrons. The van der Waals surface area contributed by atoms with E-state index in [4.69, 9.17) is 0 Å². The number of likely N-dealkylation sites (N-methyl/N-ethyl adjacent to an activating group) is 1. The largest absolute Gasteiger partial charge is 0.313 e. The first-order valence-corrected chi connectivity index (χ1v) is 5.88. The highest BCUT2D eigenvalue weighted by atomic mass is 15.2. The van der Waals surface area contributed by atoms with E-state index >= 15 is 0 Å². The molecule has 0 aromatic heterocycles. The van der Waals surface area contributed by atoms with Gasteiger partial charge in [-0.15, -0.1) is 0 Å². The van der Waals surface area contributed by atoms with Crippen molar-refractivity contribution in [3.8, 4) is 0 Å². The van der Waals surface area contributed by atoms with E-state index in [9.17, 15) is 0 Å². The van der Waals surface area contributed by atoms with Gasteiger partial charge in [-0.2, -0.15) is 0 Å². The number of hydrogen-bond donors (Lipinski definition) is 1. The molecule has 0 rings (SSSR count). The van der Waals surface area contributed by atoms with E-state index in [1.165, 1.54) is 12.8 Å². The highest BCUT2D eigenvalue weighted by Gasteiger charge is 2.21. The van der Waals surface area contributed by atoms with Crippen molar-refractivity contribution in [2.75, 3.05) is 20.1 Å². The molecule has 0 aliphatic carbocycles. The minimum Gasteiger partial charge on any atom is -0.313 e. The third-order valence-electron chi connectivity index (χ3n) is 3.19. The summed E-state index contributed by atoms with van der Waals surface area (Å²) in [5.74, 6) is 0. The van der Waals surface area contributed by atoms with Crippen molar-refractivity contribution in [1.29, 1.82) is 0 Å². The third kappa shape index (κ3) is 4.97. The second-order valence-corrected chi connectivity index (χ2v) is 4.90. The first kappa shape index (κ1) is 13.9. The minimum absolute atomic E-state index is 0.322. The quantitative estimate of drug-likeness (QED) is 0.679. The molecule has 0 amide bonds. The number of rotatable bonds is 7. The molecule has 1 unspecified atom stereocenters. The molecule has 0 aromatic carbocycles. The van der Waals surface area contributed by atoms with Gasteiger partial charge in [-0.3, -0.25) is 4.90 Å². The van der Waals surface area contributed by atoms with Crippen LogP contribution in [-0.2, 0) is 0 Å². The molecule has 0 fully saturated rings. The van der Waals surface area contributed by atoms with Crippen LogP contribution >= 0.6 is 0 Å². The monoisotopic (exact) mass is 200 g/mol. The highest BCUT2D eigenvalue weighted by Crippen LogP contribution is 2.16. The predicted molar refractivity (Wildman–Crippen MR) is 64.8 cm³/mol. The van der Waals surface area contributed by atoms with Crippen molar-refractivity contribution >= 4 is 0 Å². The molecule has 2 heteroatoms. The molecule has 2 nitrogen and oxygen atoms in total. The van der Waals surface area contributed by atoms with E-state index in [2.05, 4.69) is 51.9 Å². The number of nitrogens with zero attached hydrogens (tertiary/aromatic N) is 1. The summed E-state index contributed by atoms with van der Waals surface area (Å²) in [6.45, 7) is 13.6.